The fourth-order valence-corrected chi connectivity index (χ4v) is 4.57. The summed E-state index contributed by atoms with van der Waals surface area (Å²) in [5, 5.41) is 9.40. The molecule has 1 aromatic heterocycles. The van der Waals surface area contributed by atoms with Crippen molar-refractivity contribution in [3.8, 4) is 6.07 Å². The van der Waals surface area contributed by atoms with E-state index in [2.05, 4.69) is 14.4 Å². The second-order valence-electron chi connectivity index (χ2n) is 6.00. The number of rotatable bonds is 6. The molecule has 8 nitrogen and oxygen atoms in total. The lowest BCUT2D eigenvalue weighted by Gasteiger charge is -2.13. The molecule has 0 bridgehead atoms. The Morgan fingerprint density at radius 1 is 0.828 bits per heavy atom. The Labute approximate surface area is 169 Å². The van der Waals surface area contributed by atoms with Crippen molar-refractivity contribution < 1.29 is 16.8 Å². The smallest absolute Gasteiger partial charge is 0.263 e. The first-order valence-electron chi connectivity index (χ1n) is 8.30. The van der Waals surface area contributed by atoms with Gasteiger partial charge in [0.05, 0.1) is 15.4 Å². The van der Waals surface area contributed by atoms with Gasteiger partial charge in [-0.25, -0.2) is 21.8 Å². The standard InChI is InChI=1S/C19H16N4O4S2/c1-14-12-18(22-28(24,25)15-8-4-2-5-9-15)21-19(17(14)13-20)23-29(26,27)16-10-6-3-7-11-16/h2-12H,1H3,(H2,21,22,23). The normalized spacial score (nSPS) is 11.4. The van der Waals surface area contributed by atoms with Crippen LogP contribution in [0, 0.1) is 18.3 Å². The summed E-state index contributed by atoms with van der Waals surface area (Å²) >= 11 is 0. The second-order valence-corrected chi connectivity index (χ2v) is 9.36. The summed E-state index contributed by atoms with van der Waals surface area (Å²) in [7, 11) is -7.95. The van der Waals surface area contributed by atoms with Crippen molar-refractivity contribution in [3.63, 3.8) is 0 Å². The van der Waals surface area contributed by atoms with Crippen molar-refractivity contribution in [2.45, 2.75) is 16.7 Å². The Balaban J connectivity index is 2.01. The average Bonchev–Trinajstić information content (AvgIpc) is 2.69. The number of benzene rings is 2. The van der Waals surface area contributed by atoms with E-state index in [9.17, 15) is 22.1 Å². The Kier molecular flexibility index (Phi) is 5.54. The van der Waals surface area contributed by atoms with E-state index < -0.39 is 20.0 Å². The summed E-state index contributed by atoms with van der Waals surface area (Å²) in [6, 6.07) is 18.5. The summed E-state index contributed by atoms with van der Waals surface area (Å²) in [4.78, 5) is 4.03. The van der Waals surface area contributed by atoms with Gasteiger partial charge >= 0.3 is 0 Å². The van der Waals surface area contributed by atoms with Gasteiger partial charge in [-0.05, 0) is 42.8 Å². The zero-order chi connectivity index (χ0) is 21.1. The van der Waals surface area contributed by atoms with E-state index >= 15 is 0 Å². The van der Waals surface area contributed by atoms with Crippen LogP contribution in [0.15, 0.2) is 76.5 Å². The zero-order valence-corrected chi connectivity index (χ0v) is 16.8. The lowest BCUT2D eigenvalue weighted by atomic mass is 10.1. The van der Waals surface area contributed by atoms with Gasteiger partial charge in [0.25, 0.3) is 20.0 Å². The first kappa shape index (κ1) is 20.3. The number of hydrogen-bond donors (Lipinski definition) is 2. The lowest BCUT2D eigenvalue weighted by molar-refractivity contribution is 0.599. The van der Waals surface area contributed by atoms with E-state index in [0.717, 1.165) is 0 Å². The summed E-state index contributed by atoms with van der Waals surface area (Å²) in [6.45, 7) is 1.56. The molecule has 0 spiro atoms. The molecule has 0 fully saturated rings. The quantitative estimate of drug-likeness (QED) is 0.621. The highest BCUT2D eigenvalue weighted by molar-refractivity contribution is 7.93. The number of hydrogen-bond acceptors (Lipinski definition) is 6. The molecule has 1 heterocycles. The Bertz CT molecular complexity index is 1290. The summed E-state index contributed by atoms with van der Waals surface area (Å²) in [5.41, 5.74) is 0.353. The lowest BCUT2D eigenvalue weighted by Crippen LogP contribution is -2.18. The van der Waals surface area contributed by atoms with Gasteiger partial charge in [-0.1, -0.05) is 36.4 Å². The number of nitriles is 1. The molecule has 2 N–H and O–H groups in total. The minimum absolute atomic E-state index is 0.00725. The molecule has 0 amide bonds. The molecule has 2 aromatic carbocycles. The van der Waals surface area contributed by atoms with Crippen molar-refractivity contribution >= 4 is 31.7 Å². The van der Waals surface area contributed by atoms with E-state index in [4.69, 9.17) is 0 Å². The number of pyridine rings is 1. The first-order chi connectivity index (χ1) is 13.7. The molecule has 3 aromatic rings. The molecule has 3 rings (SSSR count). The maximum Gasteiger partial charge on any atom is 0.263 e. The second kappa shape index (κ2) is 7.90. The van der Waals surface area contributed by atoms with E-state index in [1.807, 2.05) is 6.07 Å². The zero-order valence-electron chi connectivity index (χ0n) is 15.2. The monoisotopic (exact) mass is 428 g/mol. The van der Waals surface area contributed by atoms with Crippen molar-refractivity contribution in [2.24, 2.45) is 0 Å². The minimum atomic E-state index is -4.02. The summed E-state index contributed by atoms with van der Waals surface area (Å²) in [5.74, 6) is -0.377. The average molecular weight is 428 g/mol. The Morgan fingerprint density at radius 3 is 1.79 bits per heavy atom. The molecule has 29 heavy (non-hydrogen) atoms. The van der Waals surface area contributed by atoms with Crippen LogP contribution in [0.3, 0.4) is 0 Å². The molecule has 0 saturated heterocycles. The molecule has 0 aliphatic heterocycles. The summed E-state index contributed by atoms with van der Waals surface area (Å²) < 4.78 is 54.8. The third kappa shape index (κ3) is 4.53. The highest BCUT2D eigenvalue weighted by Crippen LogP contribution is 2.25. The molecule has 0 aliphatic carbocycles. The Hall–Kier alpha value is -3.42. The van der Waals surface area contributed by atoms with E-state index in [1.54, 1.807) is 43.3 Å². The summed E-state index contributed by atoms with van der Waals surface area (Å²) in [6.07, 6.45) is 0. The SMILES string of the molecule is Cc1cc(NS(=O)(=O)c2ccccc2)nc(NS(=O)(=O)c2ccccc2)c1C#N. The number of nitrogens with one attached hydrogen (secondary N) is 2. The van der Waals surface area contributed by atoms with Gasteiger partial charge in [0.1, 0.15) is 11.9 Å². The fraction of sp³-hybridized carbons (Fsp3) is 0.0526. The van der Waals surface area contributed by atoms with Crippen LogP contribution < -0.4 is 9.44 Å². The van der Waals surface area contributed by atoms with Crippen LogP contribution in [-0.4, -0.2) is 21.8 Å². The fourth-order valence-electron chi connectivity index (χ4n) is 2.52. The number of nitrogens with zero attached hydrogens (tertiary/aromatic N) is 2. The minimum Gasteiger partial charge on any atom is -0.263 e. The van der Waals surface area contributed by atoms with E-state index in [0.29, 0.717) is 5.56 Å². The van der Waals surface area contributed by atoms with Crippen LogP contribution >= 0.6 is 0 Å². The number of anilines is 2. The van der Waals surface area contributed by atoms with E-state index in [-0.39, 0.29) is 27.0 Å². The highest BCUT2D eigenvalue weighted by atomic mass is 32.2. The molecule has 0 atom stereocenters. The third-order valence-electron chi connectivity index (χ3n) is 3.91. The largest absolute Gasteiger partial charge is 0.263 e. The van der Waals surface area contributed by atoms with Crippen molar-refractivity contribution in [3.05, 3.63) is 77.9 Å². The van der Waals surface area contributed by atoms with Crippen LogP contribution in [0.4, 0.5) is 11.6 Å². The number of sulfonamides is 2. The predicted octanol–water partition coefficient (Wildman–Crippen LogP) is 2.86. The van der Waals surface area contributed by atoms with Gasteiger partial charge in [0, 0.05) is 0 Å². The first-order valence-corrected chi connectivity index (χ1v) is 11.3. The molecule has 0 aliphatic rings. The molecule has 0 saturated carbocycles. The van der Waals surface area contributed by atoms with Gasteiger partial charge in [0.2, 0.25) is 0 Å². The maximum absolute atomic E-state index is 12.6. The molecule has 148 valence electrons. The molecular formula is C19H16N4O4S2. The topological polar surface area (TPSA) is 129 Å². The van der Waals surface area contributed by atoms with E-state index in [1.165, 1.54) is 30.3 Å². The van der Waals surface area contributed by atoms with Crippen LogP contribution in [-0.2, 0) is 20.0 Å². The van der Waals surface area contributed by atoms with Crippen molar-refractivity contribution in [1.82, 2.24) is 4.98 Å². The van der Waals surface area contributed by atoms with Crippen LogP contribution in [0.5, 0.6) is 0 Å². The molecular weight excluding hydrogens is 412 g/mol. The Morgan fingerprint density at radius 2 is 1.31 bits per heavy atom. The maximum atomic E-state index is 12.6. The van der Waals surface area contributed by atoms with Gasteiger partial charge in [-0.15, -0.1) is 0 Å². The van der Waals surface area contributed by atoms with Gasteiger partial charge in [-0.2, -0.15) is 5.26 Å². The highest BCUT2D eigenvalue weighted by Gasteiger charge is 2.21. The van der Waals surface area contributed by atoms with Crippen LogP contribution in [0.2, 0.25) is 0 Å². The number of aryl methyl sites for hydroxylation is 1. The van der Waals surface area contributed by atoms with Gasteiger partial charge in [-0.3, -0.25) is 9.44 Å². The van der Waals surface area contributed by atoms with Crippen molar-refractivity contribution in [1.29, 1.82) is 5.26 Å². The van der Waals surface area contributed by atoms with Gasteiger partial charge < -0.3 is 0 Å². The van der Waals surface area contributed by atoms with Gasteiger partial charge in [0.15, 0.2) is 5.82 Å². The molecule has 10 heteroatoms. The van der Waals surface area contributed by atoms with Crippen molar-refractivity contribution in [2.75, 3.05) is 9.44 Å². The number of aromatic nitrogens is 1. The van der Waals surface area contributed by atoms with Crippen LogP contribution in [0.25, 0.3) is 0 Å². The molecule has 0 unspecified atom stereocenters. The third-order valence-corrected chi connectivity index (χ3v) is 6.63. The molecule has 0 radical (unpaired) electrons. The van der Waals surface area contributed by atoms with Crippen LogP contribution in [0.1, 0.15) is 11.1 Å². The predicted molar refractivity (Wildman–Crippen MR) is 108 cm³/mol.